The Kier molecular flexibility index (Phi) is 4.22. The molecule has 0 saturated carbocycles. The minimum Gasteiger partial charge on any atom is -0.348 e. The summed E-state index contributed by atoms with van der Waals surface area (Å²) in [6.07, 6.45) is 1.77. The van der Waals surface area contributed by atoms with Crippen molar-refractivity contribution in [3.63, 3.8) is 0 Å². The van der Waals surface area contributed by atoms with Gasteiger partial charge in [0, 0.05) is 19.2 Å². The molecule has 0 fully saturated rings. The van der Waals surface area contributed by atoms with Crippen LogP contribution in [0.25, 0.3) is 0 Å². The highest BCUT2D eigenvalue weighted by atomic mass is 16.2. The summed E-state index contributed by atoms with van der Waals surface area (Å²) in [5, 5.41) is 6.75. The smallest absolute Gasteiger partial charge is 0.271 e. The van der Waals surface area contributed by atoms with Gasteiger partial charge in [0.2, 0.25) is 0 Å². The lowest BCUT2D eigenvalue weighted by molar-refractivity contribution is 0.0927. The molecule has 0 bridgehead atoms. The van der Waals surface area contributed by atoms with E-state index in [9.17, 15) is 9.59 Å². The van der Waals surface area contributed by atoms with E-state index in [1.165, 1.54) is 19.2 Å². The first-order chi connectivity index (χ1) is 7.58. The van der Waals surface area contributed by atoms with Crippen LogP contribution in [-0.2, 0) is 7.05 Å². The van der Waals surface area contributed by atoms with E-state index in [0.29, 0.717) is 0 Å². The zero-order chi connectivity index (χ0) is 12.1. The molecule has 1 aromatic heterocycles. The lowest BCUT2D eigenvalue weighted by Gasteiger charge is -2.14. The summed E-state index contributed by atoms with van der Waals surface area (Å²) in [4.78, 5) is 22.8. The van der Waals surface area contributed by atoms with Crippen LogP contribution in [0.15, 0.2) is 16.9 Å². The fourth-order valence-electron chi connectivity index (χ4n) is 1.38. The molecule has 0 atom stereocenters. The number of carbonyl (C=O) groups excluding carboxylic acids is 1. The van der Waals surface area contributed by atoms with E-state index in [2.05, 4.69) is 10.4 Å². The second-order valence-electron chi connectivity index (χ2n) is 3.67. The number of hydrogen-bond acceptors (Lipinski definition) is 3. The monoisotopic (exact) mass is 223 g/mol. The van der Waals surface area contributed by atoms with Crippen LogP contribution in [-0.4, -0.2) is 21.7 Å². The Balaban J connectivity index is 2.80. The highest BCUT2D eigenvalue weighted by Crippen LogP contribution is 1.98. The van der Waals surface area contributed by atoms with Gasteiger partial charge in [-0.05, 0) is 18.9 Å². The van der Waals surface area contributed by atoms with Gasteiger partial charge in [-0.3, -0.25) is 9.59 Å². The third-order valence-electron chi connectivity index (χ3n) is 2.51. The number of nitrogens with one attached hydrogen (secondary N) is 1. The van der Waals surface area contributed by atoms with E-state index >= 15 is 0 Å². The number of aromatic nitrogens is 2. The summed E-state index contributed by atoms with van der Waals surface area (Å²) in [7, 11) is 1.52. The molecule has 1 rings (SSSR count). The number of rotatable bonds is 4. The quantitative estimate of drug-likeness (QED) is 0.817. The summed E-state index contributed by atoms with van der Waals surface area (Å²) in [6.45, 7) is 4.03. The van der Waals surface area contributed by atoms with Crippen molar-refractivity contribution < 1.29 is 4.79 Å². The second kappa shape index (κ2) is 5.44. The molecule has 1 amide bonds. The number of nitrogens with zero attached hydrogens (tertiary/aromatic N) is 2. The molecule has 0 aromatic carbocycles. The number of aryl methyl sites for hydroxylation is 1. The zero-order valence-corrected chi connectivity index (χ0v) is 9.86. The SMILES string of the molecule is CCC(CC)NC(=O)c1ccc(=O)n(C)n1. The van der Waals surface area contributed by atoms with Gasteiger partial charge in [-0.1, -0.05) is 13.8 Å². The molecule has 5 nitrogen and oxygen atoms in total. The van der Waals surface area contributed by atoms with Crippen molar-refractivity contribution >= 4 is 5.91 Å². The summed E-state index contributed by atoms with van der Waals surface area (Å²) < 4.78 is 1.15. The largest absolute Gasteiger partial charge is 0.348 e. The minimum atomic E-state index is -0.232. The van der Waals surface area contributed by atoms with E-state index in [1.807, 2.05) is 13.8 Å². The maximum absolute atomic E-state index is 11.7. The molecule has 88 valence electrons. The Morgan fingerprint density at radius 3 is 2.56 bits per heavy atom. The minimum absolute atomic E-state index is 0.159. The van der Waals surface area contributed by atoms with Gasteiger partial charge < -0.3 is 5.32 Å². The maximum atomic E-state index is 11.7. The van der Waals surface area contributed by atoms with Gasteiger partial charge in [-0.15, -0.1) is 0 Å². The molecular formula is C11H17N3O2. The first kappa shape index (κ1) is 12.4. The van der Waals surface area contributed by atoms with Gasteiger partial charge in [0.1, 0.15) is 5.69 Å². The third-order valence-corrected chi connectivity index (χ3v) is 2.51. The van der Waals surface area contributed by atoms with Crippen molar-refractivity contribution in [2.45, 2.75) is 32.7 Å². The molecule has 0 spiro atoms. The highest BCUT2D eigenvalue weighted by Gasteiger charge is 2.12. The van der Waals surface area contributed by atoms with Crippen molar-refractivity contribution in [3.8, 4) is 0 Å². The highest BCUT2D eigenvalue weighted by molar-refractivity contribution is 5.92. The van der Waals surface area contributed by atoms with Crippen molar-refractivity contribution in [1.29, 1.82) is 0 Å². The zero-order valence-electron chi connectivity index (χ0n) is 9.86. The first-order valence-corrected chi connectivity index (χ1v) is 5.43. The normalized spacial score (nSPS) is 10.5. The molecule has 1 heterocycles. The van der Waals surface area contributed by atoms with E-state index < -0.39 is 0 Å². The average molecular weight is 223 g/mol. The molecule has 0 aliphatic heterocycles. The average Bonchev–Trinajstić information content (AvgIpc) is 2.29. The molecule has 5 heteroatoms. The van der Waals surface area contributed by atoms with Crippen molar-refractivity contribution in [1.82, 2.24) is 15.1 Å². The molecule has 0 radical (unpaired) electrons. The molecule has 1 aromatic rings. The Bertz CT molecular complexity index is 421. The predicted molar refractivity (Wildman–Crippen MR) is 61.3 cm³/mol. The van der Waals surface area contributed by atoms with Crippen molar-refractivity contribution in [3.05, 3.63) is 28.2 Å². The topological polar surface area (TPSA) is 64.0 Å². The van der Waals surface area contributed by atoms with Crippen LogP contribution in [0, 0.1) is 0 Å². The molecule has 0 unspecified atom stereocenters. The van der Waals surface area contributed by atoms with Crippen LogP contribution < -0.4 is 10.9 Å². The molecular weight excluding hydrogens is 206 g/mol. The lowest BCUT2D eigenvalue weighted by atomic mass is 10.1. The van der Waals surface area contributed by atoms with Crippen LogP contribution in [0.3, 0.4) is 0 Å². The second-order valence-corrected chi connectivity index (χ2v) is 3.67. The summed E-state index contributed by atoms with van der Waals surface area (Å²) in [6, 6.07) is 2.95. The lowest BCUT2D eigenvalue weighted by Crippen LogP contribution is -2.35. The van der Waals surface area contributed by atoms with E-state index in [1.54, 1.807) is 0 Å². The van der Waals surface area contributed by atoms with E-state index in [4.69, 9.17) is 0 Å². The molecule has 0 aliphatic carbocycles. The fourth-order valence-corrected chi connectivity index (χ4v) is 1.38. The summed E-state index contributed by atoms with van der Waals surface area (Å²) >= 11 is 0. The van der Waals surface area contributed by atoms with Gasteiger partial charge in [-0.2, -0.15) is 5.10 Å². The van der Waals surface area contributed by atoms with Gasteiger partial charge in [-0.25, -0.2) is 4.68 Å². The Labute approximate surface area is 94.5 Å². The van der Waals surface area contributed by atoms with Crippen LogP contribution in [0.5, 0.6) is 0 Å². The standard InChI is InChI=1S/C11H17N3O2/c1-4-8(5-2)12-11(16)9-6-7-10(15)14(3)13-9/h6-8H,4-5H2,1-3H3,(H,12,16). The van der Waals surface area contributed by atoms with Crippen LogP contribution in [0.2, 0.25) is 0 Å². The van der Waals surface area contributed by atoms with Crippen LogP contribution >= 0.6 is 0 Å². The van der Waals surface area contributed by atoms with Gasteiger partial charge in [0.05, 0.1) is 0 Å². The Morgan fingerprint density at radius 1 is 1.44 bits per heavy atom. The Morgan fingerprint density at radius 2 is 2.06 bits per heavy atom. The van der Waals surface area contributed by atoms with Gasteiger partial charge in [0.25, 0.3) is 11.5 Å². The third kappa shape index (κ3) is 2.92. The van der Waals surface area contributed by atoms with Gasteiger partial charge >= 0.3 is 0 Å². The molecule has 0 aliphatic rings. The number of amides is 1. The number of carbonyl (C=O) groups is 1. The molecule has 0 saturated heterocycles. The fraction of sp³-hybridized carbons (Fsp3) is 0.545. The summed E-state index contributed by atoms with van der Waals surface area (Å²) in [5.41, 5.74) is 0.0492. The van der Waals surface area contributed by atoms with Gasteiger partial charge in [0.15, 0.2) is 0 Å². The van der Waals surface area contributed by atoms with E-state index in [0.717, 1.165) is 17.5 Å². The summed E-state index contributed by atoms with van der Waals surface area (Å²) in [5.74, 6) is -0.232. The van der Waals surface area contributed by atoms with E-state index in [-0.39, 0.29) is 23.2 Å². The van der Waals surface area contributed by atoms with Crippen molar-refractivity contribution in [2.75, 3.05) is 0 Å². The van der Waals surface area contributed by atoms with Crippen LogP contribution in [0.1, 0.15) is 37.2 Å². The van der Waals surface area contributed by atoms with Crippen molar-refractivity contribution in [2.24, 2.45) is 7.05 Å². The predicted octanol–water partition coefficient (Wildman–Crippen LogP) is 0.699. The Hall–Kier alpha value is -1.65. The molecule has 16 heavy (non-hydrogen) atoms. The maximum Gasteiger partial charge on any atom is 0.271 e. The van der Waals surface area contributed by atoms with Crippen LogP contribution in [0.4, 0.5) is 0 Å². The first-order valence-electron chi connectivity index (χ1n) is 5.43. The number of hydrogen-bond donors (Lipinski definition) is 1. The molecule has 1 N–H and O–H groups in total.